The van der Waals surface area contributed by atoms with Crippen LogP contribution in [0.3, 0.4) is 0 Å². The molecule has 0 aliphatic carbocycles. The largest absolute Gasteiger partial charge is 0.411 e. The van der Waals surface area contributed by atoms with Gasteiger partial charge < -0.3 is 10.1 Å². The Balaban J connectivity index is 0.000000659. The number of hydrogen-bond acceptors (Lipinski definition) is 3. The topological polar surface area (TPSA) is 35.8 Å². The molecule has 1 aromatic rings. The van der Waals surface area contributed by atoms with Gasteiger partial charge in [-0.15, -0.1) is 0 Å². The minimum absolute atomic E-state index is 0.960. The van der Waals surface area contributed by atoms with Crippen LogP contribution in [-0.2, 0) is 6.42 Å². The molecule has 0 saturated carbocycles. The third-order valence-electron chi connectivity index (χ3n) is 2.66. The smallest absolute Gasteiger partial charge is 0.0733 e. The molecule has 1 heterocycles. The summed E-state index contributed by atoms with van der Waals surface area (Å²) in [6.07, 6.45) is 3.78. The zero-order valence-electron chi connectivity index (χ0n) is 12.3. The van der Waals surface area contributed by atoms with Crippen molar-refractivity contribution in [2.75, 3.05) is 18.5 Å². The average Bonchev–Trinajstić information content (AvgIpc) is 2.44. The lowest BCUT2D eigenvalue weighted by molar-refractivity contribution is 0.322. The fraction of sp³-hybridized carbons (Fsp3) is 0.533. The summed E-state index contributed by atoms with van der Waals surface area (Å²) in [5.74, 6) is 0. The summed E-state index contributed by atoms with van der Waals surface area (Å²) in [6, 6.07) is 6.15. The van der Waals surface area contributed by atoms with E-state index < -0.39 is 0 Å². The van der Waals surface area contributed by atoms with E-state index in [-0.39, 0.29) is 0 Å². The Labute approximate surface area is 111 Å². The molecule has 1 N–H and O–H groups in total. The van der Waals surface area contributed by atoms with Gasteiger partial charge in [-0.25, -0.2) is 0 Å². The van der Waals surface area contributed by atoms with Gasteiger partial charge in [-0.2, -0.15) is 0 Å². The molecule has 0 atom stereocenters. The lowest BCUT2D eigenvalue weighted by atomic mass is 10.00. The van der Waals surface area contributed by atoms with Crippen molar-refractivity contribution in [1.82, 2.24) is 0 Å². The van der Waals surface area contributed by atoms with Gasteiger partial charge in [0.1, 0.15) is 0 Å². The quantitative estimate of drug-likeness (QED) is 0.466. The number of anilines is 1. The van der Waals surface area contributed by atoms with Crippen molar-refractivity contribution in [3.63, 3.8) is 0 Å². The highest BCUT2D eigenvalue weighted by Gasteiger charge is 2.12. The summed E-state index contributed by atoms with van der Waals surface area (Å²) >= 11 is 0. The molecule has 1 aliphatic heterocycles. The highest BCUT2D eigenvalue weighted by molar-refractivity contribution is 5.80. The molecule has 0 amide bonds. The molecule has 0 saturated heterocycles. The van der Waals surface area contributed by atoms with Gasteiger partial charge in [0.15, 0.2) is 0 Å². The zero-order chi connectivity index (χ0) is 14.0. The van der Waals surface area contributed by atoms with Crippen molar-refractivity contribution in [2.45, 2.75) is 40.5 Å². The molecule has 3 heteroatoms. The number of aryl methyl sites for hydroxylation is 1. The first-order chi connectivity index (χ1) is 8.81. The summed E-state index contributed by atoms with van der Waals surface area (Å²) in [4.78, 5) is 2.26. The first-order valence-corrected chi connectivity index (χ1v) is 6.83. The molecule has 0 radical (unpaired) electrons. The number of hydrogen-bond donors (Lipinski definition) is 1. The van der Waals surface area contributed by atoms with Gasteiger partial charge in [0.2, 0.25) is 0 Å². The van der Waals surface area contributed by atoms with E-state index in [4.69, 9.17) is 5.21 Å². The van der Waals surface area contributed by atoms with Crippen LogP contribution in [0.1, 0.15) is 45.2 Å². The Morgan fingerprint density at radius 1 is 1.22 bits per heavy atom. The van der Waals surface area contributed by atoms with E-state index >= 15 is 0 Å². The third-order valence-corrected chi connectivity index (χ3v) is 2.66. The van der Waals surface area contributed by atoms with E-state index in [1.54, 1.807) is 0 Å². The second-order valence-corrected chi connectivity index (χ2v) is 3.66. The highest BCUT2D eigenvalue weighted by atomic mass is 16.4. The zero-order valence-corrected chi connectivity index (χ0v) is 12.3. The third kappa shape index (κ3) is 4.40. The molecule has 0 bridgehead atoms. The van der Waals surface area contributed by atoms with E-state index in [1.165, 1.54) is 23.9 Å². The van der Waals surface area contributed by atoms with Crippen LogP contribution in [0.15, 0.2) is 23.4 Å². The van der Waals surface area contributed by atoms with Crippen LogP contribution in [0, 0.1) is 0 Å². The molecule has 102 valence electrons. The van der Waals surface area contributed by atoms with Crippen molar-refractivity contribution in [3.05, 3.63) is 29.3 Å². The molecular weight excluding hydrogens is 224 g/mol. The fourth-order valence-corrected chi connectivity index (χ4v) is 1.95. The maximum Gasteiger partial charge on any atom is 0.0733 e. The van der Waals surface area contributed by atoms with E-state index in [9.17, 15) is 0 Å². The van der Waals surface area contributed by atoms with Gasteiger partial charge in [-0.05, 0) is 36.1 Å². The summed E-state index contributed by atoms with van der Waals surface area (Å²) in [7, 11) is 2.11. The summed E-state index contributed by atoms with van der Waals surface area (Å²) in [6.45, 7) is 9.13. The van der Waals surface area contributed by atoms with Gasteiger partial charge in [-0.3, -0.25) is 0 Å². The van der Waals surface area contributed by atoms with Gasteiger partial charge in [0, 0.05) is 19.3 Å². The highest BCUT2D eigenvalue weighted by Crippen LogP contribution is 2.26. The molecule has 0 spiro atoms. The van der Waals surface area contributed by atoms with E-state index in [0.717, 1.165) is 18.5 Å². The number of fused-ring (bicyclic) bond motifs is 1. The SMILES string of the molecule is CC.CC.CN1CCCc2cc(/C=N/O)ccc21. The molecule has 1 aliphatic rings. The van der Waals surface area contributed by atoms with Gasteiger partial charge in [0.25, 0.3) is 0 Å². The number of oxime groups is 1. The Morgan fingerprint density at radius 3 is 2.50 bits per heavy atom. The van der Waals surface area contributed by atoms with Crippen LogP contribution in [0.25, 0.3) is 0 Å². The maximum absolute atomic E-state index is 8.43. The van der Waals surface area contributed by atoms with Crippen molar-refractivity contribution in [2.24, 2.45) is 5.16 Å². The summed E-state index contributed by atoms with van der Waals surface area (Å²) < 4.78 is 0. The van der Waals surface area contributed by atoms with Crippen LogP contribution in [0.5, 0.6) is 0 Å². The first kappa shape index (κ1) is 16.5. The normalized spacial score (nSPS) is 13.1. The van der Waals surface area contributed by atoms with E-state index in [1.807, 2.05) is 33.8 Å². The minimum Gasteiger partial charge on any atom is -0.411 e. The second kappa shape index (κ2) is 9.51. The van der Waals surface area contributed by atoms with Crippen molar-refractivity contribution < 1.29 is 5.21 Å². The number of rotatable bonds is 1. The van der Waals surface area contributed by atoms with E-state index in [2.05, 4.69) is 29.2 Å². The Morgan fingerprint density at radius 2 is 1.89 bits per heavy atom. The number of nitrogens with zero attached hydrogens (tertiary/aromatic N) is 2. The summed E-state index contributed by atoms with van der Waals surface area (Å²) in [5, 5.41) is 11.5. The van der Waals surface area contributed by atoms with Crippen molar-refractivity contribution in [3.8, 4) is 0 Å². The Hall–Kier alpha value is -1.51. The van der Waals surface area contributed by atoms with Crippen LogP contribution < -0.4 is 4.90 Å². The molecule has 3 nitrogen and oxygen atoms in total. The van der Waals surface area contributed by atoms with E-state index in [0.29, 0.717) is 0 Å². The standard InChI is InChI=1S/C11H14N2O.2C2H6/c1-13-6-2-3-10-7-9(8-12-14)4-5-11(10)13;2*1-2/h4-5,7-8,14H,2-3,6H2,1H3;2*1-2H3/b12-8+;;. The lowest BCUT2D eigenvalue weighted by Crippen LogP contribution is -2.24. The van der Waals surface area contributed by atoms with Crippen LogP contribution in [-0.4, -0.2) is 25.0 Å². The lowest BCUT2D eigenvalue weighted by Gasteiger charge is -2.27. The molecular formula is C15H26N2O. The average molecular weight is 250 g/mol. The number of benzene rings is 1. The second-order valence-electron chi connectivity index (χ2n) is 3.66. The van der Waals surface area contributed by atoms with Gasteiger partial charge in [-0.1, -0.05) is 38.9 Å². The predicted molar refractivity (Wildman–Crippen MR) is 80.1 cm³/mol. The maximum atomic E-state index is 8.43. The Bertz CT molecular complexity index is 362. The molecule has 18 heavy (non-hydrogen) atoms. The summed E-state index contributed by atoms with van der Waals surface area (Å²) in [5.41, 5.74) is 3.60. The van der Waals surface area contributed by atoms with Gasteiger partial charge in [0.05, 0.1) is 6.21 Å². The Kier molecular flexibility index (Phi) is 8.71. The van der Waals surface area contributed by atoms with Gasteiger partial charge >= 0.3 is 0 Å². The van der Waals surface area contributed by atoms with Crippen molar-refractivity contribution >= 4 is 11.9 Å². The minimum atomic E-state index is 0.960. The van der Waals surface area contributed by atoms with Crippen LogP contribution in [0.2, 0.25) is 0 Å². The molecule has 0 unspecified atom stereocenters. The monoisotopic (exact) mass is 250 g/mol. The predicted octanol–water partition coefficient (Wildman–Crippen LogP) is 3.93. The van der Waals surface area contributed by atoms with Crippen LogP contribution >= 0.6 is 0 Å². The van der Waals surface area contributed by atoms with Crippen molar-refractivity contribution in [1.29, 1.82) is 0 Å². The molecule has 2 rings (SSSR count). The first-order valence-electron chi connectivity index (χ1n) is 6.83. The fourth-order valence-electron chi connectivity index (χ4n) is 1.95. The molecule has 0 aromatic heterocycles. The molecule has 0 fully saturated rings. The molecule has 1 aromatic carbocycles. The van der Waals surface area contributed by atoms with Crippen LogP contribution in [0.4, 0.5) is 5.69 Å².